The maximum absolute atomic E-state index is 11.0. The van der Waals surface area contributed by atoms with E-state index in [1.54, 1.807) is 37.4 Å². The number of hydrogen-bond donors (Lipinski definition) is 2. The van der Waals surface area contributed by atoms with E-state index in [9.17, 15) is 9.59 Å². The van der Waals surface area contributed by atoms with E-state index in [4.69, 9.17) is 9.84 Å². The maximum Gasteiger partial charge on any atom is 0.337 e. The highest BCUT2D eigenvalue weighted by molar-refractivity contribution is 5.90. The Bertz CT molecular complexity index is 1270. The molecule has 0 aliphatic carbocycles. The Morgan fingerprint density at radius 2 is 1.63 bits per heavy atom. The highest BCUT2D eigenvalue weighted by Gasteiger charge is 2.10. The molecule has 3 aromatic carbocycles. The van der Waals surface area contributed by atoms with Gasteiger partial charge in [0.25, 0.3) is 0 Å². The number of nitrogens with one attached hydrogen (secondary N) is 1. The lowest BCUT2D eigenvalue weighted by molar-refractivity contribution is 0.0695. The van der Waals surface area contributed by atoms with Gasteiger partial charge in [-0.15, -0.1) is 0 Å². The van der Waals surface area contributed by atoms with E-state index >= 15 is 0 Å². The fourth-order valence-corrected chi connectivity index (χ4v) is 3.38. The zero-order chi connectivity index (χ0) is 25.0. The van der Waals surface area contributed by atoms with Crippen molar-refractivity contribution >= 4 is 17.9 Å². The molecule has 0 unspecified atom stereocenters. The van der Waals surface area contributed by atoms with E-state index < -0.39 is 5.97 Å². The summed E-state index contributed by atoms with van der Waals surface area (Å²) in [6.07, 6.45) is 2.36. The first-order chi connectivity index (χ1) is 17.0. The van der Waals surface area contributed by atoms with Crippen LogP contribution in [-0.4, -0.2) is 29.4 Å². The highest BCUT2D eigenvalue weighted by atomic mass is 16.5. The maximum atomic E-state index is 11.0. The normalized spacial score (nSPS) is 10.1. The number of aromatic carboxylic acids is 1. The van der Waals surface area contributed by atoms with Crippen LogP contribution in [0.2, 0.25) is 0 Å². The van der Waals surface area contributed by atoms with Crippen molar-refractivity contribution in [2.45, 2.75) is 20.1 Å². The molecule has 0 radical (unpaired) electrons. The molecule has 0 aliphatic heterocycles. The first kappa shape index (κ1) is 25.3. The molecule has 6 heteroatoms. The number of carboxylic acid groups (broad SMARTS) is 1. The molecule has 0 spiro atoms. The van der Waals surface area contributed by atoms with E-state index in [1.165, 1.54) is 11.1 Å². The van der Waals surface area contributed by atoms with Gasteiger partial charge in [-0.2, -0.15) is 0 Å². The molecule has 1 aromatic heterocycles. The average Bonchev–Trinajstić information content (AvgIpc) is 2.90. The number of ether oxygens (including phenoxy) is 1. The van der Waals surface area contributed by atoms with Crippen LogP contribution in [-0.2, 0) is 18.0 Å². The number of rotatable bonds is 8. The van der Waals surface area contributed by atoms with Crippen molar-refractivity contribution in [3.8, 4) is 11.1 Å². The SMILES string of the molecule is CNc1cccc(COCc2ccccc2)c1.Cc1ncc(-c2cccc(C=O)c2)cc1C(=O)O. The molecular formula is C29H28N2O4. The molecule has 4 rings (SSSR count). The van der Waals surface area contributed by atoms with Crippen LogP contribution in [0.1, 0.15) is 37.5 Å². The standard InChI is InChI=1S/C15H17NO.C14H11NO3/c1-16-15-9-5-8-14(10-15)12-17-11-13-6-3-2-4-7-13;1-9-13(14(17)18)6-12(7-15-9)11-4-2-3-10(5-11)8-16/h2-10,16H,11-12H2,1H3;2-8H,1H3,(H,17,18). The predicted molar refractivity (Wildman–Crippen MR) is 138 cm³/mol. The molecule has 4 aromatic rings. The minimum Gasteiger partial charge on any atom is -0.478 e. The summed E-state index contributed by atoms with van der Waals surface area (Å²) in [7, 11) is 1.92. The number of hydrogen-bond acceptors (Lipinski definition) is 5. The van der Waals surface area contributed by atoms with Crippen LogP contribution in [0.5, 0.6) is 0 Å². The molecule has 178 valence electrons. The minimum atomic E-state index is -1.01. The molecule has 0 amide bonds. The predicted octanol–water partition coefficient (Wildman–Crippen LogP) is 6.01. The number of benzene rings is 3. The number of aromatic nitrogens is 1. The second-order valence-electron chi connectivity index (χ2n) is 7.83. The van der Waals surface area contributed by atoms with Gasteiger partial charge in [0.05, 0.1) is 24.5 Å². The number of carboxylic acids is 1. The fraction of sp³-hybridized carbons (Fsp3) is 0.138. The molecule has 0 fully saturated rings. The van der Waals surface area contributed by atoms with Crippen LogP contribution in [0.3, 0.4) is 0 Å². The number of aldehydes is 1. The Labute approximate surface area is 205 Å². The van der Waals surface area contributed by atoms with Gasteiger partial charge in [-0.25, -0.2) is 4.79 Å². The second kappa shape index (κ2) is 12.8. The van der Waals surface area contributed by atoms with Gasteiger partial charge < -0.3 is 15.2 Å². The minimum absolute atomic E-state index is 0.170. The smallest absolute Gasteiger partial charge is 0.337 e. The quantitative estimate of drug-likeness (QED) is 0.308. The fourth-order valence-electron chi connectivity index (χ4n) is 3.38. The van der Waals surface area contributed by atoms with E-state index in [-0.39, 0.29) is 5.56 Å². The third kappa shape index (κ3) is 7.62. The summed E-state index contributed by atoms with van der Waals surface area (Å²) >= 11 is 0. The Morgan fingerprint density at radius 3 is 2.34 bits per heavy atom. The Morgan fingerprint density at radius 1 is 0.914 bits per heavy atom. The van der Waals surface area contributed by atoms with Gasteiger partial charge in [-0.05, 0) is 47.9 Å². The Kier molecular flexibility index (Phi) is 9.28. The summed E-state index contributed by atoms with van der Waals surface area (Å²) in [6, 6.07) is 27.0. The Hall–Kier alpha value is -4.29. The highest BCUT2D eigenvalue weighted by Crippen LogP contribution is 2.21. The lowest BCUT2D eigenvalue weighted by Gasteiger charge is -2.06. The van der Waals surface area contributed by atoms with E-state index in [0.29, 0.717) is 30.0 Å². The van der Waals surface area contributed by atoms with Gasteiger partial charge in [-0.1, -0.05) is 60.7 Å². The van der Waals surface area contributed by atoms with Gasteiger partial charge in [0, 0.05) is 30.1 Å². The Balaban J connectivity index is 0.000000196. The second-order valence-corrected chi connectivity index (χ2v) is 7.83. The zero-order valence-electron chi connectivity index (χ0n) is 19.8. The van der Waals surface area contributed by atoms with Gasteiger partial charge >= 0.3 is 5.97 Å². The summed E-state index contributed by atoms with van der Waals surface area (Å²) < 4.78 is 5.68. The number of carbonyl (C=O) groups excluding carboxylic acids is 1. The third-order valence-corrected chi connectivity index (χ3v) is 5.27. The van der Waals surface area contributed by atoms with Crippen molar-refractivity contribution in [1.82, 2.24) is 4.98 Å². The lowest BCUT2D eigenvalue weighted by Crippen LogP contribution is -2.02. The molecule has 2 N–H and O–H groups in total. The first-order valence-electron chi connectivity index (χ1n) is 11.1. The van der Waals surface area contributed by atoms with Crippen LogP contribution in [0.25, 0.3) is 11.1 Å². The molecule has 0 saturated carbocycles. The molecule has 0 bridgehead atoms. The number of nitrogens with zero attached hydrogens (tertiary/aromatic N) is 1. The van der Waals surface area contributed by atoms with E-state index in [2.05, 4.69) is 34.6 Å². The van der Waals surface area contributed by atoms with Crippen LogP contribution in [0.15, 0.2) is 91.1 Å². The van der Waals surface area contributed by atoms with Gasteiger partial charge in [0.15, 0.2) is 0 Å². The zero-order valence-corrected chi connectivity index (χ0v) is 19.8. The van der Waals surface area contributed by atoms with Crippen LogP contribution in [0.4, 0.5) is 5.69 Å². The van der Waals surface area contributed by atoms with Crippen molar-refractivity contribution < 1.29 is 19.4 Å². The monoisotopic (exact) mass is 468 g/mol. The van der Waals surface area contributed by atoms with Crippen molar-refractivity contribution in [2.75, 3.05) is 12.4 Å². The van der Waals surface area contributed by atoms with E-state index in [0.717, 1.165) is 17.5 Å². The first-order valence-corrected chi connectivity index (χ1v) is 11.1. The van der Waals surface area contributed by atoms with Crippen LogP contribution in [0, 0.1) is 6.92 Å². The average molecular weight is 469 g/mol. The van der Waals surface area contributed by atoms with Crippen molar-refractivity contribution in [3.05, 3.63) is 119 Å². The lowest BCUT2D eigenvalue weighted by atomic mass is 10.0. The van der Waals surface area contributed by atoms with Gasteiger partial charge in [0.1, 0.15) is 6.29 Å². The number of anilines is 1. The summed E-state index contributed by atoms with van der Waals surface area (Å²) in [5.41, 5.74) is 6.15. The summed E-state index contributed by atoms with van der Waals surface area (Å²) in [6.45, 7) is 2.95. The summed E-state index contributed by atoms with van der Waals surface area (Å²) in [5.74, 6) is -1.01. The molecule has 35 heavy (non-hydrogen) atoms. The largest absolute Gasteiger partial charge is 0.478 e. The number of aryl methyl sites for hydroxylation is 1. The van der Waals surface area contributed by atoms with E-state index in [1.807, 2.05) is 43.4 Å². The van der Waals surface area contributed by atoms with Gasteiger partial charge in [-0.3, -0.25) is 9.78 Å². The molecule has 0 atom stereocenters. The molecule has 1 heterocycles. The number of pyridine rings is 1. The van der Waals surface area contributed by atoms with Gasteiger partial charge in [0.2, 0.25) is 0 Å². The molecule has 0 aliphatic rings. The van der Waals surface area contributed by atoms with Crippen molar-refractivity contribution in [3.63, 3.8) is 0 Å². The molecular weight excluding hydrogens is 440 g/mol. The summed E-state index contributed by atoms with van der Waals surface area (Å²) in [5, 5.41) is 12.2. The topological polar surface area (TPSA) is 88.5 Å². The van der Waals surface area contributed by atoms with Crippen molar-refractivity contribution in [2.24, 2.45) is 0 Å². The number of carbonyl (C=O) groups is 2. The molecule has 6 nitrogen and oxygen atoms in total. The summed E-state index contributed by atoms with van der Waals surface area (Å²) in [4.78, 5) is 25.8. The van der Waals surface area contributed by atoms with Crippen LogP contribution < -0.4 is 5.32 Å². The van der Waals surface area contributed by atoms with Crippen molar-refractivity contribution in [1.29, 1.82) is 0 Å². The molecule has 0 saturated heterocycles. The third-order valence-electron chi connectivity index (χ3n) is 5.27. The van der Waals surface area contributed by atoms with Crippen LogP contribution >= 0.6 is 0 Å².